The number of fused-ring (bicyclic) bond motifs is 1. The van der Waals surface area contributed by atoms with E-state index in [9.17, 15) is 0 Å². The summed E-state index contributed by atoms with van der Waals surface area (Å²) in [6.07, 6.45) is 5.34. The molecule has 1 aromatic carbocycles. The Morgan fingerprint density at radius 1 is 1.33 bits per heavy atom. The number of halogens is 1. The molecule has 0 unspecified atom stereocenters. The van der Waals surface area contributed by atoms with E-state index in [0.29, 0.717) is 0 Å². The van der Waals surface area contributed by atoms with Crippen LogP contribution >= 0.6 is 22.9 Å². The fraction of sp³-hybridized carbons (Fsp3) is 0. The van der Waals surface area contributed by atoms with E-state index in [1.165, 1.54) is 0 Å². The Balaban J connectivity index is 2.22. The Bertz CT molecular complexity index is 600. The summed E-state index contributed by atoms with van der Waals surface area (Å²) in [6.45, 7) is 0. The highest BCUT2D eigenvalue weighted by molar-refractivity contribution is 7.20. The van der Waals surface area contributed by atoms with E-state index in [1.54, 1.807) is 23.9 Å². The van der Waals surface area contributed by atoms with Crippen molar-refractivity contribution in [2.24, 2.45) is 0 Å². The summed E-state index contributed by atoms with van der Waals surface area (Å²) in [7, 11) is 0. The molecule has 0 aliphatic carbocycles. The molecule has 0 radical (unpaired) electrons. The summed E-state index contributed by atoms with van der Waals surface area (Å²) in [5, 5.41) is 1.65. The SMILES string of the molecule is Clc1ccc2nc(-n3ccnc3)sc2c1. The van der Waals surface area contributed by atoms with E-state index in [4.69, 9.17) is 11.6 Å². The lowest BCUT2D eigenvalue weighted by Gasteiger charge is -1.90. The van der Waals surface area contributed by atoms with E-state index in [1.807, 2.05) is 29.0 Å². The van der Waals surface area contributed by atoms with Crippen molar-refractivity contribution in [1.82, 2.24) is 14.5 Å². The fourth-order valence-electron chi connectivity index (χ4n) is 1.37. The third kappa shape index (κ3) is 1.52. The number of imidazole rings is 1. The molecule has 2 aromatic heterocycles. The second-order valence-corrected chi connectivity index (χ2v) is 4.52. The summed E-state index contributed by atoms with van der Waals surface area (Å²) >= 11 is 7.51. The first-order chi connectivity index (χ1) is 7.33. The lowest BCUT2D eigenvalue weighted by molar-refractivity contribution is 1.04. The minimum Gasteiger partial charge on any atom is -0.282 e. The van der Waals surface area contributed by atoms with Crippen molar-refractivity contribution in [3.63, 3.8) is 0 Å². The van der Waals surface area contributed by atoms with Crippen molar-refractivity contribution in [1.29, 1.82) is 0 Å². The van der Waals surface area contributed by atoms with Crippen LogP contribution in [0.25, 0.3) is 15.3 Å². The van der Waals surface area contributed by atoms with Gasteiger partial charge in [-0.3, -0.25) is 4.57 Å². The van der Waals surface area contributed by atoms with Crippen LogP contribution in [0, 0.1) is 0 Å². The zero-order valence-corrected chi connectivity index (χ0v) is 9.16. The molecule has 3 aromatic rings. The average Bonchev–Trinajstić information content (AvgIpc) is 2.84. The van der Waals surface area contributed by atoms with Gasteiger partial charge in [0.15, 0.2) is 5.13 Å². The van der Waals surface area contributed by atoms with Crippen LogP contribution in [0.1, 0.15) is 0 Å². The molecule has 3 rings (SSSR count). The molecule has 0 aliphatic heterocycles. The molecule has 0 saturated heterocycles. The van der Waals surface area contributed by atoms with Gasteiger partial charge in [0.1, 0.15) is 6.33 Å². The lowest BCUT2D eigenvalue weighted by Crippen LogP contribution is -1.86. The van der Waals surface area contributed by atoms with E-state index < -0.39 is 0 Å². The standard InChI is InChI=1S/C10H6ClN3S/c11-7-1-2-8-9(5-7)15-10(13-8)14-4-3-12-6-14/h1-6H. The maximum Gasteiger partial charge on any atom is 0.195 e. The first-order valence-electron chi connectivity index (χ1n) is 4.37. The van der Waals surface area contributed by atoms with Gasteiger partial charge in [0.25, 0.3) is 0 Å². The first kappa shape index (κ1) is 8.88. The maximum absolute atomic E-state index is 5.91. The molecule has 2 heterocycles. The van der Waals surface area contributed by atoms with Crippen LogP contribution in [-0.2, 0) is 0 Å². The molecule has 3 nitrogen and oxygen atoms in total. The Labute approximate surface area is 95.0 Å². The minimum atomic E-state index is 0.739. The summed E-state index contributed by atoms with van der Waals surface area (Å²) in [5.41, 5.74) is 0.966. The number of benzene rings is 1. The van der Waals surface area contributed by atoms with Gasteiger partial charge in [-0.2, -0.15) is 0 Å². The zero-order chi connectivity index (χ0) is 10.3. The van der Waals surface area contributed by atoms with Crippen molar-refractivity contribution in [2.75, 3.05) is 0 Å². The third-order valence-electron chi connectivity index (χ3n) is 2.06. The molecular weight excluding hydrogens is 230 g/mol. The highest BCUT2D eigenvalue weighted by atomic mass is 35.5. The Kier molecular flexibility index (Phi) is 1.97. The van der Waals surface area contributed by atoms with E-state index in [0.717, 1.165) is 20.4 Å². The molecular formula is C10H6ClN3S. The smallest absolute Gasteiger partial charge is 0.195 e. The van der Waals surface area contributed by atoms with Crippen LogP contribution in [-0.4, -0.2) is 14.5 Å². The molecule has 0 saturated carbocycles. The number of thiazole rings is 1. The molecule has 0 N–H and O–H groups in total. The Hall–Kier alpha value is -1.39. The largest absolute Gasteiger partial charge is 0.282 e. The molecule has 0 bridgehead atoms. The maximum atomic E-state index is 5.91. The van der Waals surface area contributed by atoms with Crippen molar-refractivity contribution in [3.05, 3.63) is 41.9 Å². The number of hydrogen-bond donors (Lipinski definition) is 0. The molecule has 0 atom stereocenters. The second kappa shape index (κ2) is 3.32. The summed E-state index contributed by atoms with van der Waals surface area (Å²) in [5.74, 6) is 0. The summed E-state index contributed by atoms with van der Waals surface area (Å²) in [4.78, 5) is 8.47. The zero-order valence-electron chi connectivity index (χ0n) is 7.59. The summed E-state index contributed by atoms with van der Waals surface area (Å²) < 4.78 is 2.98. The average molecular weight is 236 g/mol. The topological polar surface area (TPSA) is 30.7 Å². The van der Waals surface area contributed by atoms with Gasteiger partial charge >= 0.3 is 0 Å². The first-order valence-corrected chi connectivity index (χ1v) is 5.57. The van der Waals surface area contributed by atoms with Gasteiger partial charge in [0.05, 0.1) is 10.2 Å². The quantitative estimate of drug-likeness (QED) is 0.649. The van der Waals surface area contributed by atoms with Crippen LogP contribution in [0.3, 0.4) is 0 Å². The third-order valence-corrected chi connectivity index (χ3v) is 3.33. The van der Waals surface area contributed by atoms with Crippen molar-refractivity contribution >= 4 is 33.2 Å². The van der Waals surface area contributed by atoms with Gasteiger partial charge in [-0.25, -0.2) is 9.97 Å². The van der Waals surface area contributed by atoms with E-state index in [-0.39, 0.29) is 0 Å². The van der Waals surface area contributed by atoms with Gasteiger partial charge in [-0.1, -0.05) is 22.9 Å². The fourth-order valence-corrected chi connectivity index (χ4v) is 2.56. The van der Waals surface area contributed by atoms with Gasteiger partial charge in [-0.15, -0.1) is 0 Å². The van der Waals surface area contributed by atoms with Crippen molar-refractivity contribution in [3.8, 4) is 5.13 Å². The highest BCUT2D eigenvalue weighted by Crippen LogP contribution is 2.27. The van der Waals surface area contributed by atoms with Crippen LogP contribution in [0.2, 0.25) is 5.02 Å². The van der Waals surface area contributed by atoms with Crippen molar-refractivity contribution in [2.45, 2.75) is 0 Å². The van der Waals surface area contributed by atoms with E-state index in [2.05, 4.69) is 9.97 Å². The molecule has 15 heavy (non-hydrogen) atoms. The van der Waals surface area contributed by atoms with Crippen LogP contribution < -0.4 is 0 Å². The van der Waals surface area contributed by atoms with Gasteiger partial charge < -0.3 is 0 Å². The minimum absolute atomic E-state index is 0.739. The van der Waals surface area contributed by atoms with Crippen LogP contribution in [0.15, 0.2) is 36.9 Å². The predicted octanol–water partition coefficient (Wildman–Crippen LogP) is 3.14. The molecule has 0 fully saturated rings. The molecule has 0 spiro atoms. The number of aromatic nitrogens is 3. The monoisotopic (exact) mass is 235 g/mol. The number of rotatable bonds is 1. The Morgan fingerprint density at radius 2 is 2.27 bits per heavy atom. The number of nitrogens with zero attached hydrogens (tertiary/aromatic N) is 3. The highest BCUT2D eigenvalue weighted by Gasteiger charge is 2.05. The Morgan fingerprint density at radius 3 is 3.07 bits per heavy atom. The normalized spacial score (nSPS) is 11.0. The molecule has 0 aliphatic rings. The van der Waals surface area contributed by atoms with Crippen LogP contribution in [0.4, 0.5) is 0 Å². The van der Waals surface area contributed by atoms with Gasteiger partial charge in [-0.05, 0) is 18.2 Å². The molecule has 0 amide bonds. The van der Waals surface area contributed by atoms with Crippen molar-refractivity contribution < 1.29 is 0 Å². The second-order valence-electron chi connectivity index (χ2n) is 3.08. The van der Waals surface area contributed by atoms with Gasteiger partial charge in [0, 0.05) is 17.4 Å². The molecule has 74 valence electrons. The van der Waals surface area contributed by atoms with E-state index >= 15 is 0 Å². The number of hydrogen-bond acceptors (Lipinski definition) is 3. The van der Waals surface area contributed by atoms with Gasteiger partial charge in [0.2, 0.25) is 0 Å². The summed E-state index contributed by atoms with van der Waals surface area (Å²) in [6, 6.07) is 5.70. The molecule has 5 heteroatoms. The van der Waals surface area contributed by atoms with Crippen LogP contribution in [0.5, 0.6) is 0 Å². The predicted molar refractivity (Wildman–Crippen MR) is 61.8 cm³/mol. The lowest BCUT2D eigenvalue weighted by atomic mass is 10.3.